The zero-order valence-electron chi connectivity index (χ0n) is 12.1. The number of primary amides is 1. The lowest BCUT2D eigenvalue weighted by Gasteiger charge is -2.28. The van der Waals surface area contributed by atoms with Crippen molar-refractivity contribution in [2.45, 2.75) is 46.6 Å². The molecule has 1 aromatic rings. The molecule has 0 spiro atoms. The number of benzene rings is 1. The van der Waals surface area contributed by atoms with Crippen molar-refractivity contribution in [3.8, 4) is 0 Å². The minimum Gasteiger partial charge on any atom is -0.370 e. The summed E-state index contributed by atoms with van der Waals surface area (Å²) in [6, 6.07) is 4.12. The van der Waals surface area contributed by atoms with E-state index in [1.54, 1.807) is 0 Å². The number of hydrogen-bond acceptors (Lipinski definition) is 2. The van der Waals surface area contributed by atoms with Gasteiger partial charge in [-0.1, -0.05) is 35.8 Å². The molecule has 0 aliphatic heterocycles. The van der Waals surface area contributed by atoms with E-state index in [4.69, 9.17) is 11.5 Å². The third-order valence-electron chi connectivity index (χ3n) is 3.37. The molecule has 0 radical (unpaired) electrons. The molecule has 1 rings (SSSR count). The average molecular weight is 327 g/mol. The van der Waals surface area contributed by atoms with Crippen LogP contribution in [0, 0.1) is 19.3 Å². The Balaban J connectivity index is 2.92. The van der Waals surface area contributed by atoms with E-state index in [1.165, 1.54) is 11.1 Å². The van der Waals surface area contributed by atoms with Crippen LogP contribution in [0.3, 0.4) is 0 Å². The van der Waals surface area contributed by atoms with Crippen molar-refractivity contribution in [3.05, 3.63) is 33.3 Å². The maximum atomic E-state index is 11.1. The van der Waals surface area contributed by atoms with Gasteiger partial charge in [-0.05, 0) is 48.4 Å². The molecule has 0 aliphatic rings. The first-order valence-electron chi connectivity index (χ1n) is 6.43. The van der Waals surface area contributed by atoms with E-state index < -0.39 is 0 Å². The molecule has 4 N–H and O–H groups in total. The molecule has 1 aromatic carbocycles. The van der Waals surface area contributed by atoms with Crippen LogP contribution in [0.2, 0.25) is 0 Å². The maximum Gasteiger partial charge on any atom is 0.217 e. The molecule has 0 saturated heterocycles. The monoisotopic (exact) mass is 326 g/mol. The number of rotatable bonds is 5. The first-order chi connectivity index (χ1) is 8.62. The summed E-state index contributed by atoms with van der Waals surface area (Å²) >= 11 is 3.52. The maximum absolute atomic E-state index is 11.1. The van der Waals surface area contributed by atoms with Crippen LogP contribution < -0.4 is 11.5 Å². The van der Waals surface area contributed by atoms with Crippen molar-refractivity contribution in [3.63, 3.8) is 0 Å². The Labute approximate surface area is 123 Å². The van der Waals surface area contributed by atoms with Crippen molar-refractivity contribution < 1.29 is 4.79 Å². The molecule has 1 amide bonds. The predicted molar refractivity (Wildman–Crippen MR) is 82.8 cm³/mol. The van der Waals surface area contributed by atoms with Crippen molar-refractivity contribution >= 4 is 21.8 Å². The third kappa shape index (κ3) is 4.62. The average Bonchev–Trinajstić information content (AvgIpc) is 2.20. The number of aryl methyl sites for hydroxylation is 2. The number of hydrogen-bond donors (Lipinski definition) is 2. The first kappa shape index (κ1) is 16.2. The lowest BCUT2D eigenvalue weighted by atomic mass is 9.80. The number of halogens is 1. The van der Waals surface area contributed by atoms with E-state index in [-0.39, 0.29) is 17.4 Å². The van der Waals surface area contributed by atoms with E-state index in [0.717, 1.165) is 16.5 Å². The highest BCUT2D eigenvalue weighted by atomic mass is 79.9. The van der Waals surface area contributed by atoms with E-state index in [1.807, 2.05) is 20.8 Å². The first-order valence-corrected chi connectivity index (χ1v) is 7.22. The highest BCUT2D eigenvalue weighted by Crippen LogP contribution is 2.34. The Hall–Kier alpha value is -0.870. The molecule has 0 bridgehead atoms. The summed E-state index contributed by atoms with van der Waals surface area (Å²) < 4.78 is 1.09. The fourth-order valence-electron chi connectivity index (χ4n) is 2.45. The van der Waals surface area contributed by atoms with Crippen LogP contribution in [0.5, 0.6) is 0 Å². The molecule has 0 fully saturated rings. The summed E-state index contributed by atoms with van der Waals surface area (Å²) in [5.41, 5.74) is 14.9. The Kier molecular flexibility index (Phi) is 5.16. The summed E-state index contributed by atoms with van der Waals surface area (Å²) in [5, 5.41) is 0. The highest BCUT2D eigenvalue weighted by molar-refractivity contribution is 9.10. The van der Waals surface area contributed by atoms with E-state index in [9.17, 15) is 4.79 Å². The topological polar surface area (TPSA) is 69.1 Å². The minimum atomic E-state index is -0.277. The molecule has 0 heterocycles. The Morgan fingerprint density at radius 3 is 2.42 bits per heavy atom. The zero-order chi connectivity index (χ0) is 14.8. The Bertz CT molecular complexity index is 483. The van der Waals surface area contributed by atoms with E-state index >= 15 is 0 Å². The van der Waals surface area contributed by atoms with Gasteiger partial charge in [-0.25, -0.2) is 0 Å². The predicted octanol–water partition coefficient (Wildman–Crippen LogP) is 3.36. The largest absolute Gasteiger partial charge is 0.370 e. The van der Waals surface area contributed by atoms with Crippen LogP contribution in [0.1, 0.15) is 49.4 Å². The summed E-state index contributed by atoms with van der Waals surface area (Å²) in [7, 11) is 0. The second kappa shape index (κ2) is 6.06. The van der Waals surface area contributed by atoms with Gasteiger partial charge in [0.25, 0.3) is 0 Å². The number of amides is 1. The van der Waals surface area contributed by atoms with E-state index in [2.05, 4.69) is 35.0 Å². The van der Waals surface area contributed by atoms with Gasteiger partial charge in [-0.3, -0.25) is 4.79 Å². The Morgan fingerprint density at radius 2 is 1.89 bits per heavy atom. The molecule has 1 unspecified atom stereocenters. The molecule has 106 valence electrons. The quantitative estimate of drug-likeness (QED) is 0.871. The van der Waals surface area contributed by atoms with Crippen LogP contribution >= 0.6 is 15.9 Å². The molecule has 0 aliphatic carbocycles. The molecule has 0 aromatic heterocycles. The van der Waals surface area contributed by atoms with Gasteiger partial charge in [0.05, 0.1) is 0 Å². The number of nitrogens with two attached hydrogens (primary N) is 2. The van der Waals surface area contributed by atoms with Gasteiger partial charge < -0.3 is 11.5 Å². The van der Waals surface area contributed by atoms with Crippen LogP contribution in [0.15, 0.2) is 16.6 Å². The molecule has 3 nitrogen and oxygen atoms in total. The second-order valence-electron chi connectivity index (χ2n) is 6.08. The summed E-state index contributed by atoms with van der Waals surface area (Å²) in [5.74, 6) is -0.277. The fourth-order valence-corrected chi connectivity index (χ4v) is 2.91. The van der Waals surface area contributed by atoms with Crippen molar-refractivity contribution in [2.24, 2.45) is 16.9 Å². The third-order valence-corrected chi connectivity index (χ3v) is 4.23. The lowest BCUT2D eigenvalue weighted by Crippen LogP contribution is -2.27. The Morgan fingerprint density at radius 1 is 1.32 bits per heavy atom. The van der Waals surface area contributed by atoms with Gasteiger partial charge in [0.15, 0.2) is 0 Å². The van der Waals surface area contributed by atoms with Crippen LogP contribution in [-0.2, 0) is 4.79 Å². The van der Waals surface area contributed by atoms with Gasteiger partial charge in [0, 0.05) is 16.9 Å². The molecule has 0 saturated carbocycles. The fraction of sp³-hybridized carbons (Fsp3) is 0.533. The van der Waals surface area contributed by atoms with Gasteiger partial charge >= 0.3 is 0 Å². The SMILES string of the molecule is Cc1cc(C(N)CC(C)(C)CC(N)=O)c(C)cc1Br. The highest BCUT2D eigenvalue weighted by Gasteiger charge is 2.25. The summed E-state index contributed by atoms with van der Waals surface area (Å²) in [6.45, 7) is 8.16. The minimum absolute atomic E-state index is 0.0823. The van der Waals surface area contributed by atoms with Crippen LogP contribution in [0.25, 0.3) is 0 Å². The number of carbonyl (C=O) groups excluding carboxylic acids is 1. The smallest absolute Gasteiger partial charge is 0.217 e. The van der Waals surface area contributed by atoms with Crippen molar-refractivity contribution in [2.75, 3.05) is 0 Å². The molecule has 19 heavy (non-hydrogen) atoms. The molecule has 4 heteroatoms. The van der Waals surface area contributed by atoms with E-state index in [0.29, 0.717) is 6.42 Å². The zero-order valence-corrected chi connectivity index (χ0v) is 13.7. The normalized spacial score (nSPS) is 13.4. The van der Waals surface area contributed by atoms with Gasteiger partial charge in [0.2, 0.25) is 5.91 Å². The molecular weight excluding hydrogens is 304 g/mol. The molecular formula is C15H23BrN2O. The van der Waals surface area contributed by atoms with Crippen LogP contribution in [0.4, 0.5) is 0 Å². The second-order valence-corrected chi connectivity index (χ2v) is 6.93. The van der Waals surface area contributed by atoms with Crippen molar-refractivity contribution in [1.29, 1.82) is 0 Å². The van der Waals surface area contributed by atoms with Gasteiger partial charge in [0.1, 0.15) is 0 Å². The van der Waals surface area contributed by atoms with Gasteiger partial charge in [-0.2, -0.15) is 0 Å². The number of carbonyl (C=O) groups is 1. The van der Waals surface area contributed by atoms with Crippen LogP contribution in [-0.4, -0.2) is 5.91 Å². The standard InChI is InChI=1S/C15H23BrN2O/c1-9-6-12(16)10(2)5-11(9)13(17)7-15(3,4)8-14(18)19/h5-6,13H,7-8,17H2,1-4H3,(H2,18,19). The molecule has 1 atom stereocenters. The van der Waals surface area contributed by atoms with Crippen molar-refractivity contribution in [1.82, 2.24) is 0 Å². The lowest BCUT2D eigenvalue weighted by molar-refractivity contribution is -0.120. The summed E-state index contributed by atoms with van der Waals surface area (Å²) in [6.07, 6.45) is 1.09. The van der Waals surface area contributed by atoms with Gasteiger partial charge in [-0.15, -0.1) is 0 Å². The summed E-state index contributed by atoms with van der Waals surface area (Å²) in [4.78, 5) is 11.1.